The number of benzene rings is 1. The average Bonchev–Trinajstić information content (AvgIpc) is 2.60. The maximum atomic E-state index is 7.81. The molecule has 1 aromatic rings. The van der Waals surface area contributed by atoms with Crippen LogP contribution in [0, 0.1) is 11.3 Å². The maximum absolute atomic E-state index is 7.81. The third-order valence-electron chi connectivity index (χ3n) is 5.60. The SMILES string of the molecule is COc1cc2c(cc1OC)C1(CC=N)CC=C(CC(C)C)CN1CC2. The van der Waals surface area contributed by atoms with Gasteiger partial charge in [-0.25, -0.2) is 0 Å². The fourth-order valence-corrected chi connectivity index (χ4v) is 4.46. The molecule has 1 aromatic carbocycles. The van der Waals surface area contributed by atoms with Crippen LogP contribution in [0.1, 0.15) is 44.2 Å². The average molecular weight is 342 g/mol. The van der Waals surface area contributed by atoms with Gasteiger partial charge in [-0.1, -0.05) is 25.5 Å². The molecule has 3 rings (SSSR count). The standard InChI is InChI=1S/C21H30N2O2/c1-15(2)11-16-5-7-21(8-9-22)18-13-20(25-4)19(24-3)12-17(18)6-10-23(21)14-16/h5,9,12-13,15,22H,6-8,10-11,14H2,1-4H3. The Bertz CT molecular complexity index is 681. The highest BCUT2D eigenvalue weighted by Gasteiger charge is 2.44. The number of methoxy groups -OCH3 is 2. The molecule has 0 aliphatic carbocycles. The van der Waals surface area contributed by atoms with Gasteiger partial charge < -0.3 is 14.9 Å². The first-order valence-electron chi connectivity index (χ1n) is 9.21. The Morgan fingerprint density at radius 2 is 1.96 bits per heavy atom. The van der Waals surface area contributed by atoms with E-state index in [0.29, 0.717) is 5.92 Å². The number of nitrogens with zero attached hydrogens (tertiary/aromatic N) is 1. The second-order valence-corrected chi connectivity index (χ2v) is 7.64. The summed E-state index contributed by atoms with van der Waals surface area (Å²) in [5.74, 6) is 2.26. The Hall–Kier alpha value is -1.81. The molecule has 0 fully saturated rings. The Kier molecular flexibility index (Phi) is 5.19. The molecule has 0 saturated carbocycles. The van der Waals surface area contributed by atoms with E-state index in [4.69, 9.17) is 14.9 Å². The lowest BCUT2D eigenvalue weighted by Gasteiger charge is -2.50. The Morgan fingerprint density at radius 1 is 1.24 bits per heavy atom. The number of rotatable bonds is 6. The molecular formula is C21H30N2O2. The van der Waals surface area contributed by atoms with Gasteiger partial charge in [-0.15, -0.1) is 0 Å². The summed E-state index contributed by atoms with van der Waals surface area (Å²) in [6, 6.07) is 4.27. The molecule has 0 spiro atoms. The molecule has 0 radical (unpaired) electrons. The maximum Gasteiger partial charge on any atom is 0.161 e. The predicted molar refractivity (Wildman–Crippen MR) is 102 cm³/mol. The largest absolute Gasteiger partial charge is 0.493 e. The van der Waals surface area contributed by atoms with E-state index < -0.39 is 0 Å². The molecule has 0 saturated heterocycles. The van der Waals surface area contributed by atoms with Gasteiger partial charge in [-0.3, -0.25) is 4.90 Å². The number of nitrogens with one attached hydrogen (secondary N) is 1. The molecule has 2 aliphatic heterocycles. The summed E-state index contributed by atoms with van der Waals surface area (Å²) in [6.45, 7) is 6.61. The summed E-state index contributed by atoms with van der Waals surface area (Å²) < 4.78 is 11.1. The van der Waals surface area contributed by atoms with E-state index in [1.165, 1.54) is 11.1 Å². The van der Waals surface area contributed by atoms with Crippen molar-refractivity contribution in [3.8, 4) is 11.5 Å². The van der Waals surface area contributed by atoms with Crippen LogP contribution in [0.15, 0.2) is 23.8 Å². The van der Waals surface area contributed by atoms with Gasteiger partial charge in [0, 0.05) is 19.5 Å². The molecule has 1 unspecified atom stereocenters. The minimum Gasteiger partial charge on any atom is -0.493 e. The minimum atomic E-state index is -0.116. The third kappa shape index (κ3) is 3.20. The summed E-state index contributed by atoms with van der Waals surface area (Å²) in [6.07, 6.45) is 7.88. The number of ether oxygens (including phenoxy) is 2. The third-order valence-corrected chi connectivity index (χ3v) is 5.60. The van der Waals surface area contributed by atoms with Gasteiger partial charge >= 0.3 is 0 Å². The van der Waals surface area contributed by atoms with Crippen LogP contribution in [0.4, 0.5) is 0 Å². The van der Waals surface area contributed by atoms with Crippen molar-refractivity contribution in [2.75, 3.05) is 27.3 Å². The quantitative estimate of drug-likeness (QED) is 0.623. The molecule has 0 amide bonds. The van der Waals surface area contributed by atoms with Crippen molar-refractivity contribution in [1.29, 1.82) is 5.41 Å². The van der Waals surface area contributed by atoms with E-state index in [9.17, 15) is 0 Å². The first kappa shape index (κ1) is 18.0. The normalized spacial score (nSPS) is 22.8. The van der Waals surface area contributed by atoms with Crippen molar-refractivity contribution in [3.05, 3.63) is 34.9 Å². The Morgan fingerprint density at radius 3 is 2.60 bits per heavy atom. The molecule has 0 aromatic heterocycles. The van der Waals surface area contributed by atoms with E-state index in [1.807, 2.05) is 0 Å². The van der Waals surface area contributed by atoms with Crippen LogP contribution in [0.2, 0.25) is 0 Å². The molecule has 1 N–H and O–H groups in total. The number of fused-ring (bicyclic) bond motifs is 3. The fourth-order valence-electron chi connectivity index (χ4n) is 4.46. The van der Waals surface area contributed by atoms with Crippen LogP contribution in [-0.2, 0) is 12.0 Å². The summed E-state index contributed by atoms with van der Waals surface area (Å²) in [7, 11) is 3.38. The molecule has 136 valence electrons. The molecule has 0 bridgehead atoms. The summed E-state index contributed by atoms with van der Waals surface area (Å²) in [5, 5.41) is 7.81. The number of hydrogen-bond donors (Lipinski definition) is 1. The Balaban J connectivity index is 2.06. The van der Waals surface area contributed by atoms with Crippen molar-refractivity contribution in [1.82, 2.24) is 4.90 Å². The van der Waals surface area contributed by atoms with Crippen LogP contribution < -0.4 is 9.47 Å². The second kappa shape index (κ2) is 7.20. The van der Waals surface area contributed by atoms with Crippen molar-refractivity contribution >= 4 is 6.21 Å². The topological polar surface area (TPSA) is 45.6 Å². The van der Waals surface area contributed by atoms with E-state index in [-0.39, 0.29) is 5.54 Å². The monoisotopic (exact) mass is 342 g/mol. The van der Waals surface area contributed by atoms with Gasteiger partial charge in [-0.05, 0) is 54.7 Å². The molecule has 25 heavy (non-hydrogen) atoms. The van der Waals surface area contributed by atoms with E-state index >= 15 is 0 Å². The van der Waals surface area contributed by atoms with Crippen LogP contribution in [0.3, 0.4) is 0 Å². The van der Waals surface area contributed by atoms with E-state index in [0.717, 1.165) is 50.3 Å². The highest BCUT2D eigenvalue weighted by atomic mass is 16.5. The zero-order chi connectivity index (χ0) is 18.0. The molecule has 4 nitrogen and oxygen atoms in total. The van der Waals surface area contributed by atoms with Crippen LogP contribution in [0.25, 0.3) is 0 Å². The van der Waals surface area contributed by atoms with Crippen LogP contribution in [0.5, 0.6) is 11.5 Å². The van der Waals surface area contributed by atoms with Crippen molar-refractivity contribution in [2.24, 2.45) is 5.92 Å². The second-order valence-electron chi connectivity index (χ2n) is 7.64. The van der Waals surface area contributed by atoms with Crippen molar-refractivity contribution in [2.45, 2.75) is 45.1 Å². The highest BCUT2D eigenvalue weighted by molar-refractivity contribution is 5.60. The Labute approximate surface area is 151 Å². The van der Waals surface area contributed by atoms with Gasteiger partial charge in [-0.2, -0.15) is 0 Å². The van der Waals surface area contributed by atoms with Crippen LogP contribution in [-0.4, -0.2) is 38.4 Å². The molecule has 4 heteroatoms. The predicted octanol–water partition coefficient (Wildman–Crippen LogP) is 4.17. The molecule has 1 atom stereocenters. The minimum absolute atomic E-state index is 0.116. The van der Waals surface area contributed by atoms with Gasteiger partial charge in [0.2, 0.25) is 0 Å². The van der Waals surface area contributed by atoms with Gasteiger partial charge in [0.05, 0.1) is 19.8 Å². The first-order chi connectivity index (χ1) is 12.0. The highest BCUT2D eigenvalue weighted by Crippen LogP contribution is 2.47. The van der Waals surface area contributed by atoms with Gasteiger partial charge in [0.25, 0.3) is 0 Å². The molecule has 2 aliphatic rings. The number of hydrogen-bond acceptors (Lipinski definition) is 4. The van der Waals surface area contributed by atoms with Gasteiger partial charge in [0.1, 0.15) is 0 Å². The first-order valence-corrected chi connectivity index (χ1v) is 9.21. The van der Waals surface area contributed by atoms with E-state index in [2.05, 4.69) is 37.0 Å². The van der Waals surface area contributed by atoms with Crippen molar-refractivity contribution < 1.29 is 9.47 Å². The summed E-state index contributed by atoms with van der Waals surface area (Å²) in [4.78, 5) is 2.59. The summed E-state index contributed by atoms with van der Waals surface area (Å²) in [5.41, 5.74) is 4.06. The zero-order valence-corrected chi connectivity index (χ0v) is 15.9. The fraction of sp³-hybridized carbons (Fsp3) is 0.571. The molecular weight excluding hydrogens is 312 g/mol. The lowest BCUT2D eigenvalue weighted by molar-refractivity contribution is 0.0810. The zero-order valence-electron chi connectivity index (χ0n) is 15.9. The van der Waals surface area contributed by atoms with E-state index in [1.54, 1.807) is 26.0 Å². The lowest BCUT2D eigenvalue weighted by atomic mass is 9.73. The molecule has 2 heterocycles. The smallest absolute Gasteiger partial charge is 0.161 e. The van der Waals surface area contributed by atoms with Crippen LogP contribution >= 0.6 is 0 Å². The van der Waals surface area contributed by atoms with Crippen molar-refractivity contribution in [3.63, 3.8) is 0 Å². The lowest BCUT2D eigenvalue weighted by Crippen LogP contribution is -2.53. The van der Waals surface area contributed by atoms with Gasteiger partial charge in [0.15, 0.2) is 11.5 Å². The summed E-state index contributed by atoms with van der Waals surface area (Å²) >= 11 is 0.